The van der Waals surface area contributed by atoms with Crippen LogP contribution in [0.1, 0.15) is 0 Å². The maximum Gasteiger partial charge on any atom is 0.237 e. The second kappa shape index (κ2) is 4.93. The highest BCUT2D eigenvalue weighted by Gasteiger charge is 2.17. The lowest BCUT2D eigenvalue weighted by molar-refractivity contribution is 0.404. The van der Waals surface area contributed by atoms with Crippen LogP contribution in [-0.4, -0.2) is 37.8 Å². The molecule has 0 bridgehead atoms. The summed E-state index contributed by atoms with van der Waals surface area (Å²) in [5, 5.41) is 0. The molecule has 0 radical (unpaired) electrons. The minimum atomic E-state index is -3.43. The van der Waals surface area contributed by atoms with E-state index in [1.165, 1.54) is 26.6 Å². The van der Waals surface area contributed by atoms with Crippen LogP contribution >= 0.6 is 0 Å². The molecule has 102 valence electrons. The van der Waals surface area contributed by atoms with E-state index in [1.807, 2.05) is 0 Å². The molecule has 0 saturated heterocycles. The van der Waals surface area contributed by atoms with E-state index in [9.17, 15) is 8.42 Å². The minimum Gasteiger partial charge on any atom is -0.497 e. The van der Waals surface area contributed by atoms with Gasteiger partial charge in [0.1, 0.15) is 11.5 Å². The lowest BCUT2D eigenvalue weighted by atomic mass is 10.2. The van der Waals surface area contributed by atoms with Crippen LogP contribution in [0.25, 0.3) is 11.4 Å². The molecule has 0 N–H and O–H groups in total. The Kier molecular flexibility index (Phi) is 3.48. The molecular formula is C12H14N2O4S. The van der Waals surface area contributed by atoms with Gasteiger partial charge >= 0.3 is 0 Å². The molecule has 0 fully saturated rings. The Morgan fingerprint density at radius 2 is 1.95 bits per heavy atom. The summed E-state index contributed by atoms with van der Waals surface area (Å²) >= 11 is 0. The van der Waals surface area contributed by atoms with Gasteiger partial charge in [0.25, 0.3) is 0 Å². The van der Waals surface area contributed by atoms with Crippen molar-refractivity contribution in [1.82, 2.24) is 8.96 Å². The van der Waals surface area contributed by atoms with Crippen molar-refractivity contribution in [2.75, 3.05) is 20.5 Å². The third-order valence-electron chi connectivity index (χ3n) is 2.61. The number of nitrogens with zero attached hydrogens (tertiary/aromatic N) is 2. The number of ether oxygens (including phenoxy) is 2. The van der Waals surface area contributed by atoms with Gasteiger partial charge in [0.2, 0.25) is 10.0 Å². The van der Waals surface area contributed by atoms with Crippen molar-refractivity contribution in [2.24, 2.45) is 0 Å². The standard InChI is InChI=1S/C12H14N2O4S/c1-17-9-4-5-11(18-2)10(8-9)12-13-6-7-14(12)19(3,15)16/h4-8H,1-3H3. The normalized spacial score (nSPS) is 11.3. The summed E-state index contributed by atoms with van der Waals surface area (Å²) in [4.78, 5) is 4.09. The summed E-state index contributed by atoms with van der Waals surface area (Å²) in [5.74, 6) is 1.41. The molecule has 6 nitrogen and oxygen atoms in total. The fourth-order valence-corrected chi connectivity index (χ4v) is 2.47. The van der Waals surface area contributed by atoms with Crippen molar-refractivity contribution < 1.29 is 17.9 Å². The molecule has 0 aliphatic rings. The number of aromatic nitrogens is 2. The zero-order valence-electron chi connectivity index (χ0n) is 10.8. The van der Waals surface area contributed by atoms with Crippen LogP contribution in [0, 0.1) is 0 Å². The lowest BCUT2D eigenvalue weighted by Crippen LogP contribution is -2.10. The van der Waals surface area contributed by atoms with E-state index in [0.717, 1.165) is 10.2 Å². The van der Waals surface area contributed by atoms with Crippen molar-refractivity contribution in [2.45, 2.75) is 0 Å². The minimum absolute atomic E-state index is 0.290. The highest BCUT2D eigenvalue weighted by Crippen LogP contribution is 2.32. The zero-order valence-corrected chi connectivity index (χ0v) is 11.6. The second-order valence-corrected chi connectivity index (χ2v) is 5.74. The molecule has 7 heteroatoms. The van der Waals surface area contributed by atoms with Crippen LogP contribution in [0.4, 0.5) is 0 Å². The molecule has 1 aromatic heterocycles. The maximum absolute atomic E-state index is 11.7. The van der Waals surface area contributed by atoms with Gasteiger partial charge < -0.3 is 9.47 Å². The first-order valence-corrected chi connectivity index (χ1v) is 7.28. The number of hydrogen-bond acceptors (Lipinski definition) is 5. The van der Waals surface area contributed by atoms with E-state index in [1.54, 1.807) is 18.2 Å². The Balaban J connectivity index is 2.68. The largest absolute Gasteiger partial charge is 0.497 e. The van der Waals surface area contributed by atoms with Crippen LogP contribution < -0.4 is 9.47 Å². The first-order chi connectivity index (χ1) is 8.97. The molecule has 0 unspecified atom stereocenters. The van der Waals surface area contributed by atoms with Crippen molar-refractivity contribution in [3.05, 3.63) is 30.6 Å². The third kappa shape index (κ3) is 2.55. The van der Waals surface area contributed by atoms with E-state index in [-0.39, 0.29) is 0 Å². The topological polar surface area (TPSA) is 70.4 Å². The van der Waals surface area contributed by atoms with Crippen LogP contribution in [0.3, 0.4) is 0 Å². The SMILES string of the molecule is COc1ccc(OC)c(-c2nccn2S(C)(=O)=O)c1. The number of methoxy groups -OCH3 is 2. The molecule has 0 aliphatic carbocycles. The molecule has 0 amide bonds. The van der Waals surface area contributed by atoms with Crippen molar-refractivity contribution in [1.29, 1.82) is 0 Å². The van der Waals surface area contributed by atoms with Gasteiger partial charge in [-0.25, -0.2) is 17.4 Å². The van der Waals surface area contributed by atoms with E-state index in [2.05, 4.69) is 4.98 Å². The van der Waals surface area contributed by atoms with Gasteiger partial charge in [-0.05, 0) is 18.2 Å². The van der Waals surface area contributed by atoms with E-state index < -0.39 is 10.0 Å². The summed E-state index contributed by atoms with van der Waals surface area (Å²) < 4.78 is 34.9. The summed E-state index contributed by atoms with van der Waals surface area (Å²) in [7, 11) is -0.376. The highest BCUT2D eigenvalue weighted by molar-refractivity contribution is 7.89. The second-order valence-electron chi connectivity index (χ2n) is 3.88. The average molecular weight is 282 g/mol. The van der Waals surface area contributed by atoms with Crippen LogP contribution in [0.2, 0.25) is 0 Å². The molecular weight excluding hydrogens is 268 g/mol. The van der Waals surface area contributed by atoms with Crippen LogP contribution in [0.15, 0.2) is 30.6 Å². The monoisotopic (exact) mass is 282 g/mol. The van der Waals surface area contributed by atoms with Gasteiger partial charge in [-0.2, -0.15) is 0 Å². The van der Waals surface area contributed by atoms with Crippen molar-refractivity contribution in [3.8, 4) is 22.9 Å². The summed E-state index contributed by atoms with van der Waals surface area (Å²) in [5.41, 5.74) is 0.553. The maximum atomic E-state index is 11.7. The molecule has 0 saturated carbocycles. The Morgan fingerprint density at radius 1 is 1.21 bits per heavy atom. The first-order valence-electron chi connectivity index (χ1n) is 5.43. The first kappa shape index (κ1) is 13.4. The lowest BCUT2D eigenvalue weighted by Gasteiger charge is -2.11. The number of benzene rings is 1. The van der Waals surface area contributed by atoms with Gasteiger partial charge in [0.05, 0.1) is 26.0 Å². The summed E-state index contributed by atoms with van der Waals surface area (Å²) in [6, 6.07) is 5.12. The van der Waals surface area contributed by atoms with Gasteiger partial charge in [-0.3, -0.25) is 0 Å². The molecule has 0 spiro atoms. The third-order valence-corrected chi connectivity index (χ3v) is 3.62. The average Bonchev–Trinajstić information content (AvgIpc) is 2.87. The molecule has 1 aromatic carbocycles. The molecule has 2 rings (SSSR count). The fourth-order valence-electron chi connectivity index (χ4n) is 1.74. The number of hydrogen-bond donors (Lipinski definition) is 0. The predicted octanol–water partition coefficient (Wildman–Crippen LogP) is 1.37. The van der Waals surface area contributed by atoms with Gasteiger partial charge in [0, 0.05) is 12.4 Å². The summed E-state index contributed by atoms with van der Waals surface area (Å²) in [6.45, 7) is 0. The van der Waals surface area contributed by atoms with Gasteiger partial charge in [-0.15, -0.1) is 0 Å². The predicted molar refractivity (Wildman–Crippen MR) is 71.0 cm³/mol. The van der Waals surface area contributed by atoms with Crippen molar-refractivity contribution >= 4 is 10.0 Å². The zero-order chi connectivity index (χ0) is 14.0. The quantitative estimate of drug-likeness (QED) is 0.847. The molecule has 2 aromatic rings. The Morgan fingerprint density at radius 3 is 2.53 bits per heavy atom. The van der Waals surface area contributed by atoms with Crippen LogP contribution in [-0.2, 0) is 10.0 Å². The van der Waals surface area contributed by atoms with Gasteiger partial charge in [0.15, 0.2) is 5.82 Å². The van der Waals surface area contributed by atoms with E-state index in [4.69, 9.17) is 9.47 Å². The fraction of sp³-hybridized carbons (Fsp3) is 0.250. The molecule has 1 heterocycles. The van der Waals surface area contributed by atoms with Crippen molar-refractivity contribution in [3.63, 3.8) is 0 Å². The molecule has 19 heavy (non-hydrogen) atoms. The molecule has 0 aliphatic heterocycles. The highest BCUT2D eigenvalue weighted by atomic mass is 32.2. The number of rotatable bonds is 4. The van der Waals surface area contributed by atoms with E-state index >= 15 is 0 Å². The Labute approximate surface area is 111 Å². The Hall–Kier alpha value is -2.02. The van der Waals surface area contributed by atoms with Gasteiger partial charge in [-0.1, -0.05) is 0 Å². The summed E-state index contributed by atoms with van der Waals surface area (Å²) in [6.07, 6.45) is 3.93. The molecule has 0 atom stereocenters. The Bertz CT molecular complexity index is 692. The van der Waals surface area contributed by atoms with E-state index in [0.29, 0.717) is 22.9 Å². The smallest absolute Gasteiger partial charge is 0.237 e. The number of imidazole rings is 1. The van der Waals surface area contributed by atoms with Crippen LogP contribution in [0.5, 0.6) is 11.5 Å².